The third kappa shape index (κ3) is 2.85. The molecule has 0 aromatic carbocycles. The summed E-state index contributed by atoms with van der Waals surface area (Å²) in [5.41, 5.74) is 1.14. The maximum Gasteiger partial charge on any atom is 0.195 e. The van der Waals surface area contributed by atoms with Crippen LogP contribution in [-0.4, -0.2) is 17.6 Å². The Morgan fingerprint density at radius 2 is 2.25 bits per heavy atom. The Kier molecular flexibility index (Phi) is 3.33. The van der Waals surface area contributed by atoms with E-state index >= 15 is 0 Å². The molecule has 0 spiro atoms. The molecule has 1 saturated heterocycles. The van der Waals surface area contributed by atoms with Gasteiger partial charge in [0.15, 0.2) is 5.89 Å². The van der Waals surface area contributed by atoms with Crippen molar-refractivity contribution in [3.8, 4) is 0 Å². The van der Waals surface area contributed by atoms with E-state index in [-0.39, 0.29) is 5.41 Å². The number of piperidine rings is 1. The van der Waals surface area contributed by atoms with E-state index in [1.807, 2.05) is 0 Å². The van der Waals surface area contributed by atoms with Crippen molar-refractivity contribution >= 4 is 0 Å². The van der Waals surface area contributed by atoms with Crippen molar-refractivity contribution in [1.29, 1.82) is 0 Å². The molecule has 0 saturated carbocycles. The fraction of sp³-hybridized carbons (Fsp3) is 0.769. The Morgan fingerprint density at radius 3 is 2.81 bits per heavy atom. The summed E-state index contributed by atoms with van der Waals surface area (Å²) >= 11 is 0. The molecule has 1 atom stereocenters. The van der Waals surface area contributed by atoms with E-state index in [0.717, 1.165) is 24.6 Å². The first kappa shape index (κ1) is 11.6. The molecule has 1 N–H and O–H groups in total. The predicted molar refractivity (Wildman–Crippen MR) is 64.5 cm³/mol. The number of aromatic nitrogens is 1. The lowest BCUT2D eigenvalue weighted by Gasteiger charge is -2.21. The lowest BCUT2D eigenvalue weighted by atomic mass is 9.93. The molecule has 3 heteroatoms. The summed E-state index contributed by atoms with van der Waals surface area (Å²) in [6.07, 6.45) is 6.60. The highest BCUT2D eigenvalue weighted by atomic mass is 16.3. The molecule has 1 aromatic rings. The van der Waals surface area contributed by atoms with Crippen LogP contribution in [0.15, 0.2) is 10.7 Å². The summed E-state index contributed by atoms with van der Waals surface area (Å²) in [6.45, 7) is 7.62. The van der Waals surface area contributed by atoms with Gasteiger partial charge in [0, 0.05) is 17.9 Å². The SMILES string of the molecule is CC(C)(C)c1coc(CC2CCCCN2)n1. The van der Waals surface area contributed by atoms with E-state index in [2.05, 4.69) is 31.1 Å². The quantitative estimate of drug-likeness (QED) is 0.836. The first-order chi connectivity index (χ1) is 7.55. The van der Waals surface area contributed by atoms with Gasteiger partial charge in [-0.05, 0) is 19.4 Å². The van der Waals surface area contributed by atoms with Gasteiger partial charge in [-0.25, -0.2) is 4.98 Å². The molecule has 1 aliphatic heterocycles. The van der Waals surface area contributed by atoms with Crippen molar-refractivity contribution in [3.05, 3.63) is 17.8 Å². The van der Waals surface area contributed by atoms with Gasteiger partial charge in [-0.1, -0.05) is 27.2 Å². The van der Waals surface area contributed by atoms with Crippen molar-refractivity contribution in [2.24, 2.45) is 0 Å². The van der Waals surface area contributed by atoms with Gasteiger partial charge in [-0.15, -0.1) is 0 Å². The highest BCUT2D eigenvalue weighted by Gasteiger charge is 2.20. The monoisotopic (exact) mass is 222 g/mol. The van der Waals surface area contributed by atoms with E-state index in [1.54, 1.807) is 6.26 Å². The zero-order valence-corrected chi connectivity index (χ0v) is 10.5. The molecular weight excluding hydrogens is 200 g/mol. The second-order valence-corrected chi connectivity index (χ2v) is 5.73. The van der Waals surface area contributed by atoms with Crippen LogP contribution in [-0.2, 0) is 11.8 Å². The van der Waals surface area contributed by atoms with Crippen LogP contribution in [0.1, 0.15) is 51.6 Å². The van der Waals surface area contributed by atoms with Crippen LogP contribution in [0, 0.1) is 0 Å². The van der Waals surface area contributed by atoms with Crippen LogP contribution >= 0.6 is 0 Å². The minimum Gasteiger partial charge on any atom is -0.449 e. The summed E-state index contributed by atoms with van der Waals surface area (Å²) in [7, 11) is 0. The summed E-state index contributed by atoms with van der Waals surface area (Å²) in [5.74, 6) is 0.879. The van der Waals surface area contributed by atoms with Crippen LogP contribution in [0.2, 0.25) is 0 Å². The van der Waals surface area contributed by atoms with Gasteiger partial charge in [-0.2, -0.15) is 0 Å². The Hall–Kier alpha value is -0.830. The van der Waals surface area contributed by atoms with Crippen LogP contribution < -0.4 is 5.32 Å². The van der Waals surface area contributed by atoms with Crippen LogP contribution in [0.3, 0.4) is 0 Å². The lowest BCUT2D eigenvalue weighted by Crippen LogP contribution is -2.35. The van der Waals surface area contributed by atoms with Gasteiger partial charge in [0.05, 0.1) is 5.69 Å². The number of nitrogens with one attached hydrogen (secondary N) is 1. The summed E-state index contributed by atoms with van der Waals surface area (Å²) < 4.78 is 5.54. The van der Waals surface area contributed by atoms with Gasteiger partial charge >= 0.3 is 0 Å². The van der Waals surface area contributed by atoms with Crippen molar-refractivity contribution in [1.82, 2.24) is 10.3 Å². The van der Waals surface area contributed by atoms with E-state index in [1.165, 1.54) is 19.3 Å². The first-order valence-corrected chi connectivity index (χ1v) is 6.24. The maximum atomic E-state index is 5.54. The molecular formula is C13H22N2O. The van der Waals surface area contributed by atoms with Gasteiger partial charge < -0.3 is 9.73 Å². The van der Waals surface area contributed by atoms with Crippen molar-refractivity contribution < 1.29 is 4.42 Å². The molecule has 0 amide bonds. The van der Waals surface area contributed by atoms with Crippen molar-refractivity contribution in [2.45, 2.75) is 57.9 Å². The minimum absolute atomic E-state index is 0.0851. The number of rotatable bonds is 2. The van der Waals surface area contributed by atoms with E-state index < -0.39 is 0 Å². The summed E-state index contributed by atoms with van der Waals surface area (Å²) in [5, 5.41) is 3.52. The summed E-state index contributed by atoms with van der Waals surface area (Å²) in [6, 6.07) is 0.556. The van der Waals surface area contributed by atoms with Crippen molar-refractivity contribution in [3.63, 3.8) is 0 Å². The van der Waals surface area contributed by atoms with Crippen LogP contribution in [0.5, 0.6) is 0 Å². The first-order valence-electron chi connectivity index (χ1n) is 6.24. The molecule has 0 radical (unpaired) electrons. The van der Waals surface area contributed by atoms with E-state index in [4.69, 9.17) is 4.42 Å². The number of oxazole rings is 1. The van der Waals surface area contributed by atoms with Gasteiger partial charge in [0.2, 0.25) is 0 Å². The minimum atomic E-state index is 0.0851. The molecule has 16 heavy (non-hydrogen) atoms. The molecule has 1 fully saturated rings. The smallest absolute Gasteiger partial charge is 0.195 e. The highest BCUT2D eigenvalue weighted by Crippen LogP contribution is 2.22. The number of nitrogens with zero attached hydrogens (tertiary/aromatic N) is 1. The third-order valence-corrected chi connectivity index (χ3v) is 3.15. The Balaban J connectivity index is 1.97. The molecule has 3 nitrogen and oxygen atoms in total. The highest BCUT2D eigenvalue weighted by molar-refractivity contribution is 5.09. The number of hydrogen-bond acceptors (Lipinski definition) is 3. The molecule has 90 valence electrons. The van der Waals surface area contributed by atoms with Gasteiger partial charge in [0.1, 0.15) is 6.26 Å². The normalized spacial score (nSPS) is 22.3. The Morgan fingerprint density at radius 1 is 1.44 bits per heavy atom. The Bertz CT molecular complexity index is 332. The molecule has 2 rings (SSSR count). The second-order valence-electron chi connectivity index (χ2n) is 5.73. The Labute approximate surface area is 97.6 Å². The fourth-order valence-electron chi connectivity index (χ4n) is 2.06. The van der Waals surface area contributed by atoms with E-state index in [9.17, 15) is 0 Å². The zero-order chi connectivity index (χ0) is 11.6. The average Bonchev–Trinajstić information content (AvgIpc) is 2.67. The maximum absolute atomic E-state index is 5.54. The lowest BCUT2D eigenvalue weighted by molar-refractivity contribution is 0.367. The summed E-state index contributed by atoms with van der Waals surface area (Å²) in [4.78, 5) is 4.57. The van der Waals surface area contributed by atoms with Gasteiger partial charge in [0.25, 0.3) is 0 Å². The zero-order valence-electron chi connectivity index (χ0n) is 10.5. The molecule has 0 bridgehead atoms. The predicted octanol–water partition coefficient (Wildman–Crippen LogP) is 2.66. The van der Waals surface area contributed by atoms with Crippen molar-refractivity contribution in [2.75, 3.05) is 6.54 Å². The fourth-order valence-corrected chi connectivity index (χ4v) is 2.06. The molecule has 1 aromatic heterocycles. The topological polar surface area (TPSA) is 38.1 Å². The molecule has 1 unspecified atom stereocenters. The third-order valence-electron chi connectivity index (χ3n) is 3.15. The standard InChI is InChI=1S/C13H22N2O/c1-13(2,3)11-9-16-12(15-11)8-10-6-4-5-7-14-10/h9-10,14H,4-8H2,1-3H3. The van der Waals surface area contributed by atoms with E-state index in [0.29, 0.717) is 6.04 Å². The molecule has 2 heterocycles. The largest absolute Gasteiger partial charge is 0.449 e. The second kappa shape index (κ2) is 4.58. The average molecular weight is 222 g/mol. The molecule has 1 aliphatic rings. The molecule has 0 aliphatic carbocycles. The van der Waals surface area contributed by atoms with Crippen LogP contribution in [0.25, 0.3) is 0 Å². The number of hydrogen-bond donors (Lipinski definition) is 1. The van der Waals surface area contributed by atoms with Gasteiger partial charge in [-0.3, -0.25) is 0 Å². The van der Waals surface area contributed by atoms with Crippen LogP contribution in [0.4, 0.5) is 0 Å².